The van der Waals surface area contributed by atoms with Gasteiger partial charge in [0.05, 0.1) is 5.39 Å². The fourth-order valence-electron chi connectivity index (χ4n) is 3.55. The van der Waals surface area contributed by atoms with Gasteiger partial charge >= 0.3 is 0 Å². The molecule has 27 heavy (non-hydrogen) atoms. The summed E-state index contributed by atoms with van der Waals surface area (Å²) in [5.41, 5.74) is 2.42. The Balaban J connectivity index is 1.80. The molecule has 0 fully saturated rings. The van der Waals surface area contributed by atoms with Gasteiger partial charge in [-0.1, -0.05) is 72.8 Å². The standard InChI is InChI=1S/C25H17NO/c1-3-9-18(10-4-1)23-17-19-15-16-26-25(27-20-11-5-2-6-12-20)24(19)22-14-8-7-13-21(22)23/h1-17H. The Hall–Kier alpha value is -3.65. The number of benzene rings is 4. The lowest BCUT2D eigenvalue weighted by atomic mass is 9.94. The molecule has 5 aromatic rings. The average Bonchev–Trinajstić information content (AvgIpc) is 2.74. The number of hydrogen-bond donors (Lipinski definition) is 0. The van der Waals surface area contributed by atoms with Crippen molar-refractivity contribution in [1.82, 2.24) is 4.98 Å². The van der Waals surface area contributed by atoms with E-state index in [9.17, 15) is 0 Å². The number of fused-ring (bicyclic) bond motifs is 3. The molecule has 0 amide bonds. The van der Waals surface area contributed by atoms with Gasteiger partial charge in [0.15, 0.2) is 0 Å². The van der Waals surface area contributed by atoms with Crippen molar-refractivity contribution < 1.29 is 4.74 Å². The van der Waals surface area contributed by atoms with Crippen LogP contribution in [0.2, 0.25) is 0 Å². The maximum Gasteiger partial charge on any atom is 0.227 e. The summed E-state index contributed by atoms with van der Waals surface area (Å²) in [7, 11) is 0. The highest BCUT2D eigenvalue weighted by atomic mass is 16.5. The third-order valence-corrected chi connectivity index (χ3v) is 4.78. The van der Waals surface area contributed by atoms with Gasteiger partial charge in [-0.25, -0.2) is 4.98 Å². The molecule has 5 rings (SSSR count). The van der Waals surface area contributed by atoms with Crippen LogP contribution in [0, 0.1) is 0 Å². The van der Waals surface area contributed by atoms with E-state index in [1.54, 1.807) is 0 Å². The molecule has 0 aliphatic carbocycles. The predicted molar refractivity (Wildman–Crippen MR) is 111 cm³/mol. The molecule has 0 saturated carbocycles. The van der Waals surface area contributed by atoms with Gasteiger partial charge in [0.25, 0.3) is 0 Å². The third kappa shape index (κ3) is 2.81. The molecule has 0 atom stereocenters. The van der Waals surface area contributed by atoms with E-state index in [1.165, 1.54) is 16.5 Å². The summed E-state index contributed by atoms with van der Waals surface area (Å²) >= 11 is 0. The van der Waals surface area contributed by atoms with E-state index in [4.69, 9.17) is 4.74 Å². The van der Waals surface area contributed by atoms with Crippen molar-refractivity contribution in [3.05, 3.63) is 103 Å². The summed E-state index contributed by atoms with van der Waals surface area (Å²) in [6.07, 6.45) is 1.81. The minimum atomic E-state index is 0.634. The summed E-state index contributed by atoms with van der Waals surface area (Å²) in [5.74, 6) is 1.42. The molecule has 0 aliphatic heterocycles. The van der Waals surface area contributed by atoms with E-state index in [-0.39, 0.29) is 0 Å². The fourth-order valence-corrected chi connectivity index (χ4v) is 3.55. The zero-order chi connectivity index (χ0) is 18.1. The van der Waals surface area contributed by atoms with E-state index in [0.29, 0.717) is 5.88 Å². The van der Waals surface area contributed by atoms with Gasteiger partial charge in [0, 0.05) is 6.20 Å². The van der Waals surface area contributed by atoms with E-state index in [0.717, 1.165) is 21.9 Å². The van der Waals surface area contributed by atoms with Crippen molar-refractivity contribution in [2.45, 2.75) is 0 Å². The second kappa shape index (κ2) is 6.58. The molecular formula is C25H17NO. The third-order valence-electron chi connectivity index (χ3n) is 4.78. The van der Waals surface area contributed by atoms with Gasteiger partial charge in [-0.15, -0.1) is 0 Å². The largest absolute Gasteiger partial charge is 0.438 e. The second-order valence-electron chi connectivity index (χ2n) is 6.47. The molecule has 0 N–H and O–H groups in total. The number of para-hydroxylation sites is 1. The first-order valence-electron chi connectivity index (χ1n) is 8.99. The van der Waals surface area contributed by atoms with Crippen molar-refractivity contribution in [3.63, 3.8) is 0 Å². The monoisotopic (exact) mass is 347 g/mol. The van der Waals surface area contributed by atoms with Crippen molar-refractivity contribution >= 4 is 21.5 Å². The Morgan fingerprint density at radius 1 is 0.630 bits per heavy atom. The molecule has 0 radical (unpaired) electrons. The highest BCUT2D eigenvalue weighted by Gasteiger charge is 2.13. The second-order valence-corrected chi connectivity index (χ2v) is 6.47. The van der Waals surface area contributed by atoms with Gasteiger partial charge in [0.2, 0.25) is 5.88 Å². The van der Waals surface area contributed by atoms with Crippen LogP contribution in [0.4, 0.5) is 0 Å². The van der Waals surface area contributed by atoms with Crippen molar-refractivity contribution in [2.75, 3.05) is 0 Å². The van der Waals surface area contributed by atoms with Crippen LogP contribution in [0.1, 0.15) is 0 Å². The quantitative estimate of drug-likeness (QED) is 0.333. The predicted octanol–water partition coefficient (Wildman–Crippen LogP) is 6.85. The lowest BCUT2D eigenvalue weighted by Crippen LogP contribution is -1.91. The lowest BCUT2D eigenvalue weighted by Gasteiger charge is -2.14. The lowest BCUT2D eigenvalue weighted by molar-refractivity contribution is 0.469. The van der Waals surface area contributed by atoms with Crippen molar-refractivity contribution in [1.29, 1.82) is 0 Å². The van der Waals surface area contributed by atoms with Crippen molar-refractivity contribution in [2.24, 2.45) is 0 Å². The SMILES string of the molecule is c1ccc(Oc2nccc3cc(-c4ccccc4)c4ccccc4c23)cc1. The molecule has 2 nitrogen and oxygen atoms in total. The number of rotatable bonds is 3. The van der Waals surface area contributed by atoms with Crippen LogP contribution < -0.4 is 4.74 Å². The van der Waals surface area contributed by atoms with Crippen LogP contribution in [-0.2, 0) is 0 Å². The first-order chi connectivity index (χ1) is 13.4. The Morgan fingerprint density at radius 3 is 2.07 bits per heavy atom. The number of pyridine rings is 1. The number of aromatic nitrogens is 1. The highest BCUT2D eigenvalue weighted by molar-refractivity contribution is 6.15. The van der Waals surface area contributed by atoms with Gasteiger partial charge in [-0.05, 0) is 51.6 Å². The van der Waals surface area contributed by atoms with Crippen LogP contribution in [0.25, 0.3) is 32.7 Å². The molecule has 0 saturated heterocycles. The molecule has 0 bridgehead atoms. The summed E-state index contributed by atoms with van der Waals surface area (Å²) in [6.45, 7) is 0. The van der Waals surface area contributed by atoms with E-state index >= 15 is 0 Å². The summed E-state index contributed by atoms with van der Waals surface area (Å²) in [6, 6.07) is 33.0. The van der Waals surface area contributed by atoms with Crippen molar-refractivity contribution in [3.8, 4) is 22.8 Å². The Labute approximate surface area is 157 Å². The van der Waals surface area contributed by atoms with Gasteiger partial charge in [0.1, 0.15) is 5.75 Å². The Morgan fingerprint density at radius 2 is 1.30 bits per heavy atom. The van der Waals surface area contributed by atoms with E-state index in [1.807, 2.05) is 48.7 Å². The first kappa shape index (κ1) is 15.6. The van der Waals surface area contributed by atoms with Crippen LogP contribution >= 0.6 is 0 Å². The molecule has 1 heterocycles. The normalized spacial score (nSPS) is 11.0. The summed E-state index contributed by atoms with van der Waals surface area (Å²) < 4.78 is 6.13. The van der Waals surface area contributed by atoms with Gasteiger partial charge in [-0.3, -0.25) is 0 Å². The molecule has 0 spiro atoms. The molecule has 128 valence electrons. The molecule has 0 unspecified atom stereocenters. The molecular weight excluding hydrogens is 330 g/mol. The molecule has 0 aliphatic rings. The molecule has 2 heteroatoms. The maximum absolute atomic E-state index is 6.13. The van der Waals surface area contributed by atoms with E-state index in [2.05, 4.69) is 59.6 Å². The van der Waals surface area contributed by atoms with Crippen LogP contribution in [0.3, 0.4) is 0 Å². The Kier molecular flexibility index (Phi) is 3.80. The highest BCUT2D eigenvalue weighted by Crippen LogP contribution is 2.39. The van der Waals surface area contributed by atoms with Gasteiger partial charge in [-0.2, -0.15) is 0 Å². The zero-order valence-electron chi connectivity index (χ0n) is 14.7. The Bertz CT molecular complexity index is 1230. The maximum atomic E-state index is 6.13. The smallest absolute Gasteiger partial charge is 0.227 e. The number of nitrogens with zero attached hydrogens (tertiary/aromatic N) is 1. The van der Waals surface area contributed by atoms with Crippen LogP contribution in [0.5, 0.6) is 11.6 Å². The fraction of sp³-hybridized carbons (Fsp3) is 0. The first-order valence-corrected chi connectivity index (χ1v) is 8.99. The van der Waals surface area contributed by atoms with Gasteiger partial charge < -0.3 is 4.74 Å². The minimum absolute atomic E-state index is 0.634. The van der Waals surface area contributed by atoms with Crippen LogP contribution in [0.15, 0.2) is 103 Å². The topological polar surface area (TPSA) is 22.1 Å². The number of ether oxygens (including phenoxy) is 1. The minimum Gasteiger partial charge on any atom is -0.438 e. The summed E-state index contributed by atoms with van der Waals surface area (Å²) in [4.78, 5) is 4.53. The zero-order valence-corrected chi connectivity index (χ0v) is 14.7. The van der Waals surface area contributed by atoms with Crippen LogP contribution in [-0.4, -0.2) is 4.98 Å². The van der Waals surface area contributed by atoms with E-state index < -0.39 is 0 Å². The molecule has 1 aromatic heterocycles. The molecule has 4 aromatic carbocycles. The average molecular weight is 347 g/mol. The number of hydrogen-bond acceptors (Lipinski definition) is 2. The summed E-state index contributed by atoms with van der Waals surface area (Å²) in [5, 5.41) is 4.50.